The molecule has 1 heterocycles. The van der Waals surface area contributed by atoms with Crippen LogP contribution in [0.5, 0.6) is 5.75 Å². The molecule has 1 aliphatic rings. The van der Waals surface area contributed by atoms with E-state index in [4.69, 9.17) is 9.47 Å². The lowest BCUT2D eigenvalue weighted by molar-refractivity contribution is 0.0244. The normalized spacial score (nSPS) is 17.6. The predicted molar refractivity (Wildman–Crippen MR) is 100 cm³/mol. The van der Waals surface area contributed by atoms with Crippen molar-refractivity contribution in [3.8, 4) is 5.75 Å². The first-order valence-corrected chi connectivity index (χ1v) is 9.07. The molecule has 6 heteroatoms. The Balaban J connectivity index is 1.93. The lowest BCUT2D eigenvalue weighted by Gasteiger charge is -2.35. The molecule has 1 atom stereocenters. The van der Waals surface area contributed by atoms with Crippen molar-refractivity contribution in [2.24, 2.45) is 5.92 Å². The fourth-order valence-corrected chi connectivity index (χ4v) is 3.12. The number of hydrogen-bond donors (Lipinski definition) is 0. The molecule has 1 aromatic carbocycles. The van der Waals surface area contributed by atoms with Crippen LogP contribution in [0.4, 0.5) is 4.79 Å². The van der Waals surface area contributed by atoms with E-state index in [0.29, 0.717) is 18.7 Å². The van der Waals surface area contributed by atoms with E-state index in [1.807, 2.05) is 25.7 Å². The number of carbonyl (C=O) groups excluding carboxylic acids is 2. The minimum absolute atomic E-state index is 0.0253. The average molecular weight is 362 g/mol. The Hall–Kier alpha value is -2.24. The zero-order chi connectivity index (χ0) is 19.3. The van der Waals surface area contributed by atoms with Gasteiger partial charge in [0.15, 0.2) is 0 Å². The van der Waals surface area contributed by atoms with Gasteiger partial charge in [0.2, 0.25) is 0 Å². The van der Waals surface area contributed by atoms with Gasteiger partial charge in [-0.1, -0.05) is 0 Å². The van der Waals surface area contributed by atoms with Crippen LogP contribution in [0.2, 0.25) is 0 Å². The Bertz CT molecular complexity index is 622. The van der Waals surface area contributed by atoms with Crippen molar-refractivity contribution < 1.29 is 19.1 Å². The molecule has 1 saturated heterocycles. The largest absolute Gasteiger partial charge is 0.497 e. The lowest BCUT2D eigenvalue weighted by atomic mass is 9.97. The third-order valence-corrected chi connectivity index (χ3v) is 4.38. The Kier molecular flexibility index (Phi) is 6.51. The number of hydrogen-bond acceptors (Lipinski definition) is 4. The van der Waals surface area contributed by atoms with E-state index >= 15 is 0 Å². The second kappa shape index (κ2) is 8.43. The van der Waals surface area contributed by atoms with Crippen LogP contribution in [-0.4, -0.2) is 61.2 Å². The molecule has 0 spiro atoms. The summed E-state index contributed by atoms with van der Waals surface area (Å²) in [4.78, 5) is 28.4. The van der Waals surface area contributed by atoms with Gasteiger partial charge in [-0.15, -0.1) is 0 Å². The monoisotopic (exact) mass is 362 g/mol. The third kappa shape index (κ3) is 5.64. The SMILES string of the molecule is COc1ccc(C(=O)N2CCC[C@H](CN(C)C(=O)OC(C)(C)C)C2)cc1. The molecule has 26 heavy (non-hydrogen) atoms. The van der Waals surface area contributed by atoms with E-state index in [9.17, 15) is 9.59 Å². The van der Waals surface area contributed by atoms with E-state index in [0.717, 1.165) is 25.1 Å². The minimum atomic E-state index is -0.506. The Morgan fingerprint density at radius 3 is 2.46 bits per heavy atom. The smallest absolute Gasteiger partial charge is 0.410 e. The molecule has 144 valence electrons. The summed E-state index contributed by atoms with van der Waals surface area (Å²) in [5.41, 5.74) is 0.154. The molecule has 2 rings (SSSR count). The third-order valence-electron chi connectivity index (χ3n) is 4.38. The van der Waals surface area contributed by atoms with Crippen molar-refractivity contribution in [2.75, 3.05) is 33.8 Å². The van der Waals surface area contributed by atoms with Crippen LogP contribution in [-0.2, 0) is 4.74 Å². The number of methoxy groups -OCH3 is 1. The Labute approximate surface area is 156 Å². The second-order valence-corrected chi connectivity index (χ2v) is 7.85. The van der Waals surface area contributed by atoms with E-state index in [2.05, 4.69) is 0 Å². The predicted octanol–water partition coefficient (Wildman–Crippen LogP) is 3.41. The van der Waals surface area contributed by atoms with E-state index in [1.165, 1.54) is 0 Å². The van der Waals surface area contributed by atoms with Crippen LogP contribution in [0.25, 0.3) is 0 Å². The first-order valence-electron chi connectivity index (χ1n) is 9.07. The van der Waals surface area contributed by atoms with Crippen LogP contribution >= 0.6 is 0 Å². The van der Waals surface area contributed by atoms with Gasteiger partial charge in [0.1, 0.15) is 11.4 Å². The quantitative estimate of drug-likeness (QED) is 0.823. The van der Waals surface area contributed by atoms with Gasteiger partial charge < -0.3 is 19.3 Å². The summed E-state index contributed by atoms with van der Waals surface area (Å²) in [6, 6.07) is 7.17. The highest BCUT2D eigenvalue weighted by Gasteiger charge is 2.27. The average Bonchev–Trinajstić information content (AvgIpc) is 2.60. The molecule has 0 saturated carbocycles. The zero-order valence-corrected chi connectivity index (χ0v) is 16.4. The molecule has 6 nitrogen and oxygen atoms in total. The van der Waals surface area contributed by atoms with Gasteiger partial charge in [0.05, 0.1) is 7.11 Å². The van der Waals surface area contributed by atoms with Gasteiger partial charge in [-0.2, -0.15) is 0 Å². The van der Waals surface area contributed by atoms with Crippen molar-refractivity contribution in [1.29, 1.82) is 0 Å². The van der Waals surface area contributed by atoms with Crippen molar-refractivity contribution in [3.05, 3.63) is 29.8 Å². The summed E-state index contributed by atoms with van der Waals surface area (Å²) in [7, 11) is 3.35. The number of piperidine rings is 1. The summed E-state index contributed by atoms with van der Waals surface area (Å²) >= 11 is 0. The molecule has 1 fully saturated rings. The molecule has 0 bridgehead atoms. The van der Waals surface area contributed by atoms with Crippen molar-refractivity contribution in [1.82, 2.24) is 9.80 Å². The Morgan fingerprint density at radius 2 is 1.88 bits per heavy atom. The van der Waals surface area contributed by atoms with E-state index in [1.54, 1.807) is 43.3 Å². The molecule has 1 aromatic rings. The topological polar surface area (TPSA) is 59.1 Å². The molecule has 0 unspecified atom stereocenters. The van der Waals surface area contributed by atoms with Crippen molar-refractivity contribution >= 4 is 12.0 Å². The lowest BCUT2D eigenvalue weighted by Crippen LogP contribution is -2.45. The molecule has 0 radical (unpaired) electrons. The highest BCUT2D eigenvalue weighted by molar-refractivity contribution is 5.94. The summed E-state index contributed by atoms with van der Waals surface area (Å²) in [5, 5.41) is 0. The number of carbonyl (C=O) groups is 2. The van der Waals surface area contributed by atoms with Crippen LogP contribution in [0.15, 0.2) is 24.3 Å². The number of benzene rings is 1. The van der Waals surface area contributed by atoms with E-state index in [-0.39, 0.29) is 17.9 Å². The van der Waals surface area contributed by atoms with Gasteiger partial charge in [-0.05, 0) is 63.8 Å². The zero-order valence-electron chi connectivity index (χ0n) is 16.4. The highest BCUT2D eigenvalue weighted by atomic mass is 16.6. The van der Waals surface area contributed by atoms with Gasteiger partial charge in [-0.25, -0.2) is 4.79 Å². The molecule has 0 aliphatic carbocycles. The molecular weight excluding hydrogens is 332 g/mol. The van der Waals surface area contributed by atoms with E-state index < -0.39 is 5.60 Å². The minimum Gasteiger partial charge on any atom is -0.497 e. The number of likely N-dealkylation sites (tertiary alicyclic amines) is 1. The first kappa shape index (κ1) is 20.1. The first-order chi connectivity index (χ1) is 12.2. The number of amides is 2. The van der Waals surface area contributed by atoms with Gasteiger partial charge in [-0.3, -0.25) is 4.79 Å². The van der Waals surface area contributed by atoms with Crippen LogP contribution in [0.1, 0.15) is 44.0 Å². The molecule has 2 amide bonds. The van der Waals surface area contributed by atoms with Gasteiger partial charge in [0, 0.05) is 32.2 Å². The fourth-order valence-electron chi connectivity index (χ4n) is 3.12. The second-order valence-electron chi connectivity index (χ2n) is 7.85. The maximum Gasteiger partial charge on any atom is 0.410 e. The van der Waals surface area contributed by atoms with Crippen LogP contribution < -0.4 is 4.74 Å². The maximum atomic E-state index is 12.7. The standard InChI is InChI=1S/C20H30N2O4/c1-20(2,3)26-19(24)21(4)13-15-7-6-12-22(14-15)18(23)16-8-10-17(25-5)11-9-16/h8-11,15H,6-7,12-14H2,1-5H3/t15-/m1/s1. The van der Waals surface area contributed by atoms with Crippen LogP contribution in [0, 0.1) is 5.92 Å². The highest BCUT2D eigenvalue weighted by Crippen LogP contribution is 2.21. The van der Waals surface area contributed by atoms with Gasteiger partial charge in [0.25, 0.3) is 5.91 Å². The molecular formula is C20H30N2O4. The number of nitrogens with zero attached hydrogens (tertiary/aromatic N) is 2. The number of rotatable bonds is 4. The molecule has 1 aliphatic heterocycles. The van der Waals surface area contributed by atoms with Crippen molar-refractivity contribution in [2.45, 2.75) is 39.2 Å². The van der Waals surface area contributed by atoms with Crippen LogP contribution in [0.3, 0.4) is 0 Å². The summed E-state index contributed by atoms with van der Waals surface area (Å²) in [5.74, 6) is 1.01. The van der Waals surface area contributed by atoms with Crippen molar-refractivity contribution in [3.63, 3.8) is 0 Å². The summed E-state index contributed by atoms with van der Waals surface area (Å²) < 4.78 is 10.5. The molecule has 0 aromatic heterocycles. The number of ether oxygens (including phenoxy) is 2. The summed E-state index contributed by atoms with van der Waals surface area (Å²) in [6.07, 6.45) is 1.62. The molecule has 0 N–H and O–H groups in total. The summed E-state index contributed by atoms with van der Waals surface area (Å²) in [6.45, 7) is 7.55. The van der Waals surface area contributed by atoms with Gasteiger partial charge >= 0.3 is 6.09 Å². The maximum absolute atomic E-state index is 12.7. The Morgan fingerprint density at radius 1 is 1.23 bits per heavy atom. The fraction of sp³-hybridized carbons (Fsp3) is 0.600.